The summed E-state index contributed by atoms with van der Waals surface area (Å²) < 4.78 is 11.9. The molecule has 0 saturated carbocycles. The maximum absolute atomic E-state index is 13.3. The molecule has 0 fully saturated rings. The molecule has 0 aliphatic rings. The molecule has 2 aromatic carbocycles. The minimum Gasteiger partial charge on any atom is -0.497 e. The number of rotatable bonds is 7. The predicted molar refractivity (Wildman–Crippen MR) is 127 cm³/mol. The number of methoxy groups -OCH3 is 1. The fourth-order valence-corrected chi connectivity index (χ4v) is 3.93. The fraction of sp³-hybridized carbons (Fsp3) is 0.280. The van der Waals surface area contributed by atoms with Crippen LogP contribution in [0.4, 0.5) is 5.69 Å². The quantitative estimate of drug-likeness (QED) is 0.448. The lowest BCUT2D eigenvalue weighted by molar-refractivity contribution is -0.119. The highest BCUT2D eigenvalue weighted by molar-refractivity contribution is 5.96. The number of carbonyl (C=O) groups is 1. The van der Waals surface area contributed by atoms with Gasteiger partial charge in [0, 0.05) is 11.3 Å². The lowest BCUT2D eigenvalue weighted by Gasteiger charge is -2.19. The summed E-state index contributed by atoms with van der Waals surface area (Å²) in [6, 6.07) is 14.1. The van der Waals surface area contributed by atoms with E-state index in [2.05, 4.69) is 15.6 Å². The Morgan fingerprint density at radius 2 is 1.97 bits per heavy atom. The van der Waals surface area contributed by atoms with Gasteiger partial charge in [-0.05, 0) is 43.5 Å². The number of benzene rings is 2. The van der Waals surface area contributed by atoms with Crippen LogP contribution in [0.15, 0.2) is 57.8 Å². The Labute approximate surface area is 191 Å². The second kappa shape index (κ2) is 9.28. The highest BCUT2D eigenvalue weighted by atomic mass is 16.5. The second-order valence-corrected chi connectivity index (χ2v) is 7.72. The number of carbonyl (C=O) groups excluding carboxylic acids is 1. The van der Waals surface area contributed by atoms with Crippen LogP contribution >= 0.6 is 0 Å². The number of hydrogen-bond donors (Lipinski definition) is 1. The molecule has 0 bridgehead atoms. The molecule has 170 valence electrons. The van der Waals surface area contributed by atoms with Crippen molar-refractivity contribution in [3.05, 3.63) is 70.2 Å². The largest absolute Gasteiger partial charge is 0.497 e. The van der Waals surface area contributed by atoms with E-state index in [1.807, 2.05) is 62.4 Å². The van der Waals surface area contributed by atoms with Gasteiger partial charge >= 0.3 is 0 Å². The number of fused-ring (bicyclic) bond motifs is 1. The Morgan fingerprint density at radius 3 is 2.70 bits per heavy atom. The smallest absolute Gasteiger partial charge is 0.297 e. The predicted octanol–water partition coefficient (Wildman–Crippen LogP) is 4.52. The number of nitrogens with zero attached hydrogens (tertiary/aromatic N) is 3. The lowest BCUT2D eigenvalue weighted by atomic mass is 10.1. The molecule has 1 atom stereocenters. The van der Waals surface area contributed by atoms with Crippen molar-refractivity contribution < 1.29 is 14.1 Å². The Morgan fingerprint density at radius 1 is 1.18 bits per heavy atom. The van der Waals surface area contributed by atoms with Crippen LogP contribution in [0, 0.1) is 6.92 Å². The van der Waals surface area contributed by atoms with Gasteiger partial charge < -0.3 is 14.6 Å². The highest BCUT2D eigenvalue weighted by Crippen LogP contribution is 2.30. The van der Waals surface area contributed by atoms with Gasteiger partial charge in [0.1, 0.15) is 23.2 Å². The number of nitrogens with one attached hydrogen (secondary N) is 1. The van der Waals surface area contributed by atoms with Gasteiger partial charge in [0.2, 0.25) is 5.91 Å². The molecule has 0 aliphatic carbocycles. The van der Waals surface area contributed by atoms with Crippen LogP contribution < -0.4 is 15.6 Å². The first-order chi connectivity index (χ1) is 16.0. The maximum atomic E-state index is 13.3. The number of aryl methyl sites for hydroxylation is 2. The van der Waals surface area contributed by atoms with Crippen LogP contribution in [0.3, 0.4) is 0 Å². The Balaban J connectivity index is 1.84. The summed E-state index contributed by atoms with van der Waals surface area (Å²) in [6.45, 7) is 5.60. The lowest BCUT2D eigenvalue weighted by Crippen LogP contribution is -2.35. The summed E-state index contributed by atoms with van der Waals surface area (Å²) >= 11 is 0. The summed E-state index contributed by atoms with van der Waals surface area (Å²) in [6.07, 6.45) is 1.14. The SMILES string of the molecule is CCc1ccccc1NC(=O)[C@H](CC)n1nc(-c2cccc(OC)c2)c2c(C)onc2c1=O. The Hall–Kier alpha value is -3.94. The van der Waals surface area contributed by atoms with Crippen LogP contribution in [0.1, 0.15) is 37.6 Å². The number of ether oxygens (including phenoxy) is 1. The first-order valence-electron chi connectivity index (χ1n) is 10.9. The number of para-hydroxylation sites is 1. The summed E-state index contributed by atoms with van der Waals surface area (Å²) in [4.78, 5) is 26.6. The molecule has 4 aromatic rings. The summed E-state index contributed by atoms with van der Waals surface area (Å²) in [7, 11) is 1.58. The molecule has 33 heavy (non-hydrogen) atoms. The molecule has 2 heterocycles. The average Bonchev–Trinajstić information content (AvgIpc) is 3.23. The molecule has 8 heteroatoms. The molecule has 8 nitrogen and oxygen atoms in total. The number of hydrogen-bond acceptors (Lipinski definition) is 6. The van der Waals surface area contributed by atoms with E-state index in [1.165, 1.54) is 4.68 Å². The number of aromatic nitrogens is 3. The molecular weight excluding hydrogens is 420 g/mol. The average molecular weight is 447 g/mol. The zero-order valence-electron chi connectivity index (χ0n) is 19.1. The number of anilines is 1. The van der Waals surface area contributed by atoms with Crippen molar-refractivity contribution in [2.45, 2.75) is 39.7 Å². The monoisotopic (exact) mass is 446 g/mol. The van der Waals surface area contributed by atoms with E-state index in [0.29, 0.717) is 29.0 Å². The molecular formula is C25H26N4O4. The molecule has 0 saturated heterocycles. The maximum Gasteiger partial charge on any atom is 0.297 e. The van der Waals surface area contributed by atoms with E-state index in [0.717, 1.165) is 23.2 Å². The molecule has 0 aliphatic heterocycles. The second-order valence-electron chi connectivity index (χ2n) is 7.72. The van der Waals surface area contributed by atoms with Gasteiger partial charge in [-0.2, -0.15) is 5.10 Å². The van der Waals surface area contributed by atoms with Crippen molar-refractivity contribution in [3.8, 4) is 17.0 Å². The highest BCUT2D eigenvalue weighted by Gasteiger charge is 2.26. The molecule has 4 rings (SSSR count). The van der Waals surface area contributed by atoms with Crippen LogP contribution in [0.25, 0.3) is 22.2 Å². The van der Waals surface area contributed by atoms with E-state index in [1.54, 1.807) is 14.0 Å². The molecule has 0 spiro atoms. The van der Waals surface area contributed by atoms with Gasteiger partial charge in [0.25, 0.3) is 5.56 Å². The molecule has 0 radical (unpaired) electrons. The Bertz CT molecular complexity index is 1370. The Kier molecular flexibility index (Phi) is 6.26. The van der Waals surface area contributed by atoms with Gasteiger partial charge in [-0.25, -0.2) is 4.68 Å². The zero-order chi connectivity index (χ0) is 23.5. The van der Waals surface area contributed by atoms with E-state index in [-0.39, 0.29) is 11.4 Å². The van der Waals surface area contributed by atoms with Crippen molar-refractivity contribution in [3.63, 3.8) is 0 Å². The van der Waals surface area contributed by atoms with Crippen LogP contribution in [-0.4, -0.2) is 28.0 Å². The normalized spacial score (nSPS) is 12.0. The summed E-state index contributed by atoms with van der Waals surface area (Å²) in [5, 5.41) is 12.1. The third kappa shape index (κ3) is 4.11. The standard InChI is InChI=1S/C25H26N4O4/c1-5-16-10-7-8-13-19(16)26-24(30)20(6-2)29-25(31)23-21(15(3)33-28-23)22(27-29)17-11-9-12-18(14-17)32-4/h7-14,20H,5-6H2,1-4H3,(H,26,30)/t20-/m0/s1. The van der Waals surface area contributed by atoms with Gasteiger partial charge in [-0.15, -0.1) is 0 Å². The first kappa shape index (κ1) is 22.3. The van der Waals surface area contributed by atoms with Crippen molar-refractivity contribution in [2.24, 2.45) is 0 Å². The first-order valence-corrected chi connectivity index (χ1v) is 10.9. The van der Waals surface area contributed by atoms with E-state index in [4.69, 9.17) is 9.26 Å². The topological polar surface area (TPSA) is 99.2 Å². The van der Waals surface area contributed by atoms with Crippen LogP contribution in [0.5, 0.6) is 5.75 Å². The zero-order valence-corrected chi connectivity index (χ0v) is 19.1. The third-order valence-electron chi connectivity index (χ3n) is 5.70. The molecule has 0 unspecified atom stereocenters. The van der Waals surface area contributed by atoms with Crippen molar-refractivity contribution in [2.75, 3.05) is 12.4 Å². The van der Waals surface area contributed by atoms with Crippen molar-refractivity contribution in [1.82, 2.24) is 14.9 Å². The van der Waals surface area contributed by atoms with Gasteiger partial charge in [0.15, 0.2) is 5.52 Å². The van der Waals surface area contributed by atoms with Gasteiger partial charge in [0.05, 0.1) is 12.5 Å². The van der Waals surface area contributed by atoms with E-state index >= 15 is 0 Å². The minimum atomic E-state index is -0.826. The van der Waals surface area contributed by atoms with Crippen molar-refractivity contribution in [1.29, 1.82) is 0 Å². The van der Waals surface area contributed by atoms with Crippen LogP contribution in [-0.2, 0) is 11.2 Å². The van der Waals surface area contributed by atoms with Gasteiger partial charge in [-0.3, -0.25) is 9.59 Å². The van der Waals surface area contributed by atoms with E-state index in [9.17, 15) is 9.59 Å². The molecule has 1 amide bonds. The van der Waals surface area contributed by atoms with Gasteiger partial charge in [-0.1, -0.05) is 49.3 Å². The third-order valence-corrected chi connectivity index (χ3v) is 5.70. The number of amides is 1. The summed E-state index contributed by atoms with van der Waals surface area (Å²) in [5.74, 6) is 0.813. The minimum absolute atomic E-state index is 0.139. The van der Waals surface area contributed by atoms with Crippen LogP contribution in [0.2, 0.25) is 0 Å². The van der Waals surface area contributed by atoms with Crippen molar-refractivity contribution >= 4 is 22.5 Å². The fourth-order valence-electron chi connectivity index (χ4n) is 3.93. The molecule has 1 N–H and O–H groups in total. The molecule has 2 aromatic heterocycles. The van der Waals surface area contributed by atoms with E-state index < -0.39 is 11.6 Å². The summed E-state index contributed by atoms with van der Waals surface area (Å²) in [5.41, 5.74) is 2.64.